The molecule has 4 rings (SSSR count). The molecular formula is C22H18F2N4O3. The third kappa shape index (κ3) is 3.89. The van der Waals surface area contributed by atoms with Gasteiger partial charge in [-0.25, -0.2) is 23.2 Å². The number of halogens is 2. The summed E-state index contributed by atoms with van der Waals surface area (Å²) in [5.74, 6) is -1.94. The molecule has 0 aliphatic carbocycles. The summed E-state index contributed by atoms with van der Waals surface area (Å²) in [5, 5.41) is 4.45. The normalized spacial score (nSPS) is 12.0. The Morgan fingerprint density at radius 1 is 1.19 bits per heavy atom. The lowest BCUT2D eigenvalue weighted by molar-refractivity contribution is 0.0600. The van der Waals surface area contributed by atoms with Crippen LogP contribution in [0.15, 0.2) is 54.9 Å². The molecule has 2 heterocycles. The summed E-state index contributed by atoms with van der Waals surface area (Å²) in [6.07, 6.45) is 2.75. The number of pyridine rings is 1. The number of nitrogen functional groups attached to an aromatic ring is 1. The summed E-state index contributed by atoms with van der Waals surface area (Å²) in [7, 11) is 1.29. The van der Waals surface area contributed by atoms with E-state index in [9.17, 15) is 13.6 Å². The van der Waals surface area contributed by atoms with Crippen LogP contribution in [0.2, 0.25) is 0 Å². The van der Waals surface area contributed by atoms with Crippen molar-refractivity contribution in [3.8, 4) is 11.4 Å². The lowest BCUT2D eigenvalue weighted by atomic mass is 10.0. The third-order valence-corrected chi connectivity index (χ3v) is 4.77. The number of rotatable bonds is 5. The molecule has 0 fully saturated rings. The van der Waals surface area contributed by atoms with E-state index in [1.54, 1.807) is 48.3 Å². The fourth-order valence-electron chi connectivity index (χ4n) is 3.30. The topological polar surface area (TPSA) is 92.3 Å². The highest BCUT2D eigenvalue weighted by atomic mass is 19.1. The van der Waals surface area contributed by atoms with Gasteiger partial charge < -0.3 is 15.2 Å². The van der Waals surface area contributed by atoms with Gasteiger partial charge in [-0.2, -0.15) is 5.10 Å². The Labute approximate surface area is 176 Å². The average molecular weight is 424 g/mol. The molecule has 0 spiro atoms. The van der Waals surface area contributed by atoms with Crippen molar-refractivity contribution in [3.63, 3.8) is 0 Å². The van der Waals surface area contributed by atoms with Crippen molar-refractivity contribution in [2.75, 3.05) is 12.8 Å². The smallest absolute Gasteiger partial charge is 0.337 e. The highest BCUT2D eigenvalue weighted by Crippen LogP contribution is 2.33. The number of carbonyl (C=O) groups excluding carboxylic acids is 1. The van der Waals surface area contributed by atoms with Crippen LogP contribution in [0.1, 0.15) is 28.9 Å². The van der Waals surface area contributed by atoms with Gasteiger partial charge in [0.25, 0.3) is 0 Å². The van der Waals surface area contributed by atoms with Gasteiger partial charge in [0, 0.05) is 29.4 Å². The third-order valence-electron chi connectivity index (χ3n) is 4.77. The minimum Gasteiger partial charge on any atom is -0.482 e. The largest absolute Gasteiger partial charge is 0.482 e. The first-order valence-electron chi connectivity index (χ1n) is 9.31. The zero-order valence-electron chi connectivity index (χ0n) is 16.7. The summed E-state index contributed by atoms with van der Waals surface area (Å²) in [6.45, 7) is 1.75. The van der Waals surface area contributed by atoms with E-state index in [1.165, 1.54) is 13.2 Å². The molecule has 158 valence electrons. The Morgan fingerprint density at radius 2 is 2.00 bits per heavy atom. The number of benzene rings is 2. The van der Waals surface area contributed by atoms with Gasteiger partial charge >= 0.3 is 5.97 Å². The van der Waals surface area contributed by atoms with Crippen molar-refractivity contribution in [1.82, 2.24) is 14.8 Å². The van der Waals surface area contributed by atoms with Crippen molar-refractivity contribution in [2.45, 2.75) is 13.0 Å². The maximum absolute atomic E-state index is 14.0. The highest BCUT2D eigenvalue weighted by Gasteiger charge is 2.20. The zero-order valence-corrected chi connectivity index (χ0v) is 16.7. The van der Waals surface area contributed by atoms with E-state index >= 15 is 0 Å². The second-order valence-electron chi connectivity index (χ2n) is 6.81. The molecule has 0 saturated carbocycles. The van der Waals surface area contributed by atoms with Gasteiger partial charge in [0.15, 0.2) is 17.4 Å². The molecule has 4 aromatic rings. The molecular weight excluding hydrogens is 406 g/mol. The van der Waals surface area contributed by atoms with E-state index in [4.69, 9.17) is 15.2 Å². The summed E-state index contributed by atoms with van der Waals surface area (Å²) < 4.78 is 40.1. The van der Waals surface area contributed by atoms with E-state index < -0.39 is 23.7 Å². The van der Waals surface area contributed by atoms with Gasteiger partial charge in [0.05, 0.1) is 18.4 Å². The quantitative estimate of drug-likeness (QED) is 0.483. The van der Waals surface area contributed by atoms with E-state index in [0.717, 1.165) is 12.1 Å². The number of nitrogens with zero attached hydrogens (tertiary/aromatic N) is 3. The lowest BCUT2D eigenvalue weighted by Gasteiger charge is -2.20. The van der Waals surface area contributed by atoms with Gasteiger partial charge in [-0.05, 0) is 43.3 Å². The molecule has 9 heteroatoms. The molecule has 0 saturated heterocycles. The van der Waals surface area contributed by atoms with Gasteiger partial charge in [-0.1, -0.05) is 0 Å². The van der Waals surface area contributed by atoms with Crippen molar-refractivity contribution >= 4 is 22.7 Å². The number of hydrogen-bond donors (Lipinski definition) is 1. The molecule has 31 heavy (non-hydrogen) atoms. The zero-order chi connectivity index (χ0) is 22.1. The van der Waals surface area contributed by atoms with Crippen LogP contribution in [-0.2, 0) is 4.74 Å². The highest BCUT2D eigenvalue weighted by molar-refractivity contribution is 5.90. The molecule has 0 aliphatic rings. The Morgan fingerprint density at radius 3 is 2.71 bits per heavy atom. The average Bonchev–Trinajstić information content (AvgIpc) is 3.28. The standard InChI is InChI=1S/C22H18F2N4O3/c1-12(31-19-10-14-8-15(23)11-17(24)20(14)27-21(19)25)16-9-13(22(29)30-2)4-5-18(16)28-7-3-6-26-28/h3-12H,1-2H3,(H2,25,27)/t12-/m0/s1. The molecule has 2 N–H and O–H groups in total. The number of esters is 1. The van der Waals surface area contributed by atoms with Gasteiger partial charge in [0.1, 0.15) is 17.4 Å². The Balaban J connectivity index is 1.76. The van der Waals surface area contributed by atoms with E-state index in [2.05, 4.69) is 10.1 Å². The summed E-state index contributed by atoms with van der Waals surface area (Å²) in [4.78, 5) is 16.0. The van der Waals surface area contributed by atoms with Crippen LogP contribution >= 0.6 is 0 Å². The molecule has 0 amide bonds. The molecule has 0 bridgehead atoms. The summed E-state index contributed by atoms with van der Waals surface area (Å²) >= 11 is 0. The number of carbonyl (C=O) groups is 1. The van der Waals surface area contributed by atoms with Crippen molar-refractivity contribution in [2.24, 2.45) is 0 Å². The van der Waals surface area contributed by atoms with E-state index in [1.807, 2.05) is 0 Å². The van der Waals surface area contributed by atoms with Crippen molar-refractivity contribution in [1.29, 1.82) is 0 Å². The Hall–Kier alpha value is -4.01. The van der Waals surface area contributed by atoms with Crippen LogP contribution in [0.25, 0.3) is 16.6 Å². The number of nitrogens with two attached hydrogens (primary N) is 1. The first-order valence-corrected chi connectivity index (χ1v) is 9.31. The van der Waals surface area contributed by atoms with Crippen molar-refractivity contribution in [3.05, 3.63) is 77.6 Å². The number of methoxy groups -OCH3 is 1. The number of hydrogen-bond acceptors (Lipinski definition) is 6. The van der Waals surface area contributed by atoms with Crippen LogP contribution in [0, 0.1) is 11.6 Å². The number of fused-ring (bicyclic) bond motifs is 1. The minimum absolute atomic E-state index is 0.0466. The molecule has 1 atom stereocenters. The van der Waals surface area contributed by atoms with Gasteiger partial charge in [-0.15, -0.1) is 0 Å². The number of ether oxygens (including phenoxy) is 2. The first kappa shape index (κ1) is 20.3. The van der Waals surface area contributed by atoms with Crippen LogP contribution in [0.5, 0.6) is 5.75 Å². The second kappa shape index (κ2) is 8.02. The summed E-state index contributed by atoms with van der Waals surface area (Å²) in [5.41, 5.74) is 7.54. The summed E-state index contributed by atoms with van der Waals surface area (Å²) in [6, 6.07) is 10.1. The molecule has 0 unspecified atom stereocenters. The predicted octanol–water partition coefficient (Wildman–Crippen LogP) is 4.21. The first-order chi connectivity index (χ1) is 14.9. The number of aromatic nitrogens is 3. The van der Waals surface area contributed by atoms with Crippen LogP contribution in [0.3, 0.4) is 0 Å². The fourth-order valence-corrected chi connectivity index (χ4v) is 3.30. The Kier molecular flexibility index (Phi) is 5.24. The van der Waals surface area contributed by atoms with E-state index in [-0.39, 0.29) is 22.5 Å². The van der Waals surface area contributed by atoms with Crippen LogP contribution < -0.4 is 10.5 Å². The predicted molar refractivity (Wildman–Crippen MR) is 110 cm³/mol. The molecule has 2 aromatic heterocycles. The van der Waals surface area contributed by atoms with Gasteiger partial charge in [-0.3, -0.25) is 0 Å². The van der Waals surface area contributed by atoms with Crippen LogP contribution in [0.4, 0.5) is 14.6 Å². The molecule has 0 aliphatic heterocycles. The second-order valence-corrected chi connectivity index (χ2v) is 6.81. The molecule has 7 nitrogen and oxygen atoms in total. The van der Waals surface area contributed by atoms with Gasteiger partial charge in [0.2, 0.25) is 0 Å². The van der Waals surface area contributed by atoms with E-state index in [0.29, 0.717) is 16.8 Å². The molecule has 2 aromatic carbocycles. The SMILES string of the molecule is COC(=O)c1ccc(-n2cccn2)c([C@H](C)Oc2cc3cc(F)cc(F)c3nc2N)c1. The molecule has 0 radical (unpaired) electrons. The van der Waals surface area contributed by atoms with Crippen molar-refractivity contribution < 1.29 is 23.0 Å². The number of anilines is 1. The minimum atomic E-state index is -0.812. The Bertz CT molecular complexity index is 1280. The fraction of sp³-hybridized carbons (Fsp3) is 0.136. The maximum Gasteiger partial charge on any atom is 0.337 e. The lowest BCUT2D eigenvalue weighted by Crippen LogP contribution is -2.12. The monoisotopic (exact) mass is 424 g/mol. The van der Waals surface area contributed by atoms with Crippen LogP contribution in [-0.4, -0.2) is 27.8 Å². The maximum atomic E-state index is 14.0.